The molecule has 1 aliphatic carbocycles. The molecule has 0 radical (unpaired) electrons. The van der Waals surface area contributed by atoms with E-state index in [0.29, 0.717) is 18.7 Å². The first-order valence-electron chi connectivity index (χ1n) is 10.1. The third-order valence-corrected chi connectivity index (χ3v) is 5.29. The van der Waals surface area contributed by atoms with Gasteiger partial charge in [0.2, 0.25) is 5.91 Å². The zero-order valence-electron chi connectivity index (χ0n) is 17.2. The van der Waals surface area contributed by atoms with Gasteiger partial charge in [-0.25, -0.2) is 9.97 Å². The SMILES string of the molecule is CO[C@H]1CCC[C@@H](C(=O)NCCc2nc(C(C)C)ncc2-c2cc(C)no2)C1. The molecule has 1 saturated carbocycles. The van der Waals surface area contributed by atoms with E-state index in [4.69, 9.17) is 14.2 Å². The topological polar surface area (TPSA) is 90.1 Å². The van der Waals surface area contributed by atoms with Crippen LogP contribution in [0.1, 0.15) is 62.7 Å². The molecule has 0 bridgehead atoms. The van der Waals surface area contributed by atoms with E-state index in [1.807, 2.05) is 13.0 Å². The van der Waals surface area contributed by atoms with Crippen LogP contribution in [-0.4, -0.2) is 40.8 Å². The van der Waals surface area contributed by atoms with Crippen LogP contribution in [0, 0.1) is 12.8 Å². The second-order valence-electron chi connectivity index (χ2n) is 7.84. The van der Waals surface area contributed by atoms with Crippen molar-refractivity contribution in [3.63, 3.8) is 0 Å². The normalized spacial score (nSPS) is 19.8. The number of hydrogen-bond donors (Lipinski definition) is 1. The Balaban J connectivity index is 1.67. The lowest BCUT2D eigenvalue weighted by atomic mass is 9.86. The number of amides is 1. The molecule has 0 saturated heterocycles. The summed E-state index contributed by atoms with van der Waals surface area (Å²) in [7, 11) is 1.72. The third kappa shape index (κ3) is 4.95. The lowest BCUT2D eigenvalue weighted by molar-refractivity contribution is -0.127. The van der Waals surface area contributed by atoms with Crippen molar-refractivity contribution in [2.45, 2.75) is 64.9 Å². The van der Waals surface area contributed by atoms with Crippen molar-refractivity contribution in [1.29, 1.82) is 0 Å². The van der Waals surface area contributed by atoms with Gasteiger partial charge in [0.1, 0.15) is 5.82 Å². The van der Waals surface area contributed by atoms with Gasteiger partial charge in [-0.3, -0.25) is 4.79 Å². The summed E-state index contributed by atoms with van der Waals surface area (Å²) in [5, 5.41) is 7.04. The van der Waals surface area contributed by atoms with Crippen molar-refractivity contribution in [3.05, 3.63) is 29.5 Å². The van der Waals surface area contributed by atoms with Crippen LogP contribution in [-0.2, 0) is 16.0 Å². The number of carbonyl (C=O) groups excluding carboxylic acids is 1. The second-order valence-corrected chi connectivity index (χ2v) is 7.84. The number of carbonyl (C=O) groups is 1. The van der Waals surface area contributed by atoms with E-state index in [0.717, 1.165) is 48.5 Å². The van der Waals surface area contributed by atoms with Crippen molar-refractivity contribution in [3.8, 4) is 11.3 Å². The van der Waals surface area contributed by atoms with Crippen LogP contribution < -0.4 is 5.32 Å². The predicted molar refractivity (Wildman–Crippen MR) is 106 cm³/mol. The molecular weight excluding hydrogens is 356 g/mol. The van der Waals surface area contributed by atoms with Crippen LogP contribution >= 0.6 is 0 Å². The van der Waals surface area contributed by atoms with Gasteiger partial charge in [-0.1, -0.05) is 25.4 Å². The van der Waals surface area contributed by atoms with Gasteiger partial charge >= 0.3 is 0 Å². The minimum atomic E-state index is 0.0340. The Labute approximate surface area is 166 Å². The highest BCUT2D eigenvalue weighted by Gasteiger charge is 2.27. The van der Waals surface area contributed by atoms with Crippen molar-refractivity contribution < 1.29 is 14.1 Å². The van der Waals surface area contributed by atoms with Gasteiger partial charge in [0.25, 0.3) is 0 Å². The minimum Gasteiger partial charge on any atom is -0.381 e. The first kappa shape index (κ1) is 20.5. The molecule has 1 amide bonds. The van der Waals surface area contributed by atoms with Gasteiger partial charge in [-0.15, -0.1) is 0 Å². The van der Waals surface area contributed by atoms with Crippen LogP contribution in [0.4, 0.5) is 0 Å². The lowest BCUT2D eigenvalue weighted by Crippen LogP contribution is -2.36. The van der Waals surface area contributed by atoms with Crippen LogP contribution in [0.5, 0.6) is 0 Å². The zero-order chi connectivity index (χ0) is 20.1. The first-order valence-corrected chi connectivity index (χ1v) is 10.1. The molecule has 0 spiro atoms. The highest BCUT2D eigenvalue weighted by Crippen LogP contribution is 2.27. The highest BCUT2D eigenvalue weighted by atomic mass is 16.5. The first-order chi connectivity index (χ1) is 13.5. The van der Waals surface area contributed by atoms with Gasteiger partial charge < -0.3 is 14.6 Å². The molecule has 3 rings (SSSR count). The maximum Gasteiger partial charge on any atom is 0.223 e. The lowest BCUT2D eigenvalue weighted by Gasteiger charge is -2.27. The van der Waals surface area contributed by atoms with E-state index in [9.17, 15) is 4.79 Å². The molecule has 1 fully saturated rings. The summed E-state index contributed by atoms with van der Waals surface area (Å²) in [5.41, 5.74) is 2.51. The van der Waals surface area contributed by atoms with Crippen LogP contribution in [0.3, 0.4) is 0 Å². The van der Waals surface area contributed by atoms with E-state index in [1.54, 1.807) is 13.3 Å². The maximum atomic E-state index is 12.6. The number of nitrogens with one attached hydrogen (secondary N) is 1. The monoisotopic (exact) mass is 386 g/mol. The average molecular weight is 386 g/mol. The number of aromatic nitrogens is 3. The molecule has 2 atom stereocenters. The summed E-state index contributed by atoms with van der Waals surface area (Å²) in [6.07, 6.45) is 6.41. The van der Waals surface area contributed by atoms with Gasteiger partial charge in [0.15, 0.2) is 5.76 Å². The van der Waals surface area contributed by atoms with E-state index >= 15 is 0 Å². The van der Waals surface area contributed by atoms with Crippen molar-refractivity contribution >= 4 is 5.91 Å². The largest absolute Gasteiger partial charge is 0.381 e. The number of methoxy groups -OCH3 is 1. The van der Waals surface area contributed by atoms with Crippen molar-refractivity contribution in [2.75, 3.05) is 13.7 Å². The fraction of sp³-hybridized carbons (Fsp3) is 0.619. The standard InChI is InChI=1S/C21H30N4O3/c1-13(2)20-23-12-17(19-10-14(3)25-28-19)18(24-20)8-9-22-21(26)15-6-5-7-16(11-15)27-4/h10,12-13,15-16H,5-9,11H2,1-4H3,(H,22,26)/t15-,16+/m1/s1. The molecule has 2 aromatic heterocycles. The van der Waals surface area contributed by atoms with E-state index in [-0.39, 0.29) is 23.8 Å². The Kier molecular flexibility index (Phi) is 6.78. The fourth-order valence-corrected chi connectivity index (χ4v) is 3.64. The minimum absolute atomic E-state index is 0.0340. The van der Waals surface area contributed by atoms with E-state index in [2.05, 4.69) is 29.3 Å². The number of ether oxygens (including phenoxy) is 1. The number of hydrogen-bond acceptors (Lipinski definition) is 6. The molecule has 0 aromatic carbocycles. The Hall–Kier alpha value is -2.28. The molecular formula is C21H30N4O3. The molecule has 0 unspecified atom stereocenters. The fourth-order valence-electron chi connectivity index (χ4n) is 3.64. The number of nitrogens with zero attached hydrogens (tertiary/aromatic N) is 3. The average Bonchev–Trinajstić information content (AvgIpc) is 3.13. The number of rotatable bonds is 7. The molecule has 0 aliphatic heterocycles. The molecule has 1 aliphatic rings. The Morgan fingerprint density at radius 3 is 2.89 bits per heavy atom. The summed E-state index contributed by atoms with van der Waals surface area (Å²) in [4.78, 5) is 21.7. The van der Waals surface area contributed by atoms with Gasteiger partial charge in [0.05, 0.1) is 23.1 Å². The molecule has 7 nitrogen and oxygen atoms in total. The summed E-state index contributed by atoms with van der Waals surface area (Å²) in [6.45, 7) is 6.54. The third-order valence-electron chi connectivity index (χ3n) is 5.29. The van der Waals surface area contributed by atoms with Crippen molar-refractivity contribution in [2.24, 2.45) is 5.92 Å². The van der Waals surface area contributed by atoms with Gasteiger partial charge in [0, 0.05) is 44.2 Å². The van der Waals surface area contributed by atoms with E-state index < -0.39 is 0 Å². The van der Waals surface area contributed by atoms with E-state index in [1.165, 1.54) is 0 Å². The molecule has 28 heavy (non-hydrogen) atoms. The molecule has 152 valence electrons. The van der Waals surface area contributed by atoms with Crippen LogP contribution in [0.2, 0.25) is 0 Å². The highest BCUT2D eigenvalue weighted by molar-refractivity contribution is 5.78. The summed E-state index contributed by atoms with van der Waals surface area (Å²) >= 11 is 0. The Bertz CT molecular complexity index is 803. The molecule has 1 N–H and O–H groups in total. The summed E-state index contributed by atoms with van der Waals surface area (Å²) < 4.78 is 10.8. The predicted octanol–water partition coefficient (Wildman–Crippen LogP) is 3.43. The maximum absolute atomic E-state index is 12.6. The summed E-state index contributed by atoms with van der Waals surface area (Å²) in [5.74, 6) is 1.82. The van der Waals surface area contributed by atoms with Crippen molar-refractivity contribution in [1.82, 2.24) is 20.4 Å². The quantitative estimate of drug-likeness (QED) is 0.784. The molecule has 2 heterocycles. The smallest absolute Gasteiger partial charge is 0.223 e. The molecule has 2 aromatic rings. The van der Waals surface area contributed by atoms with Gasteiger partial charge in [-0.05, 0) is 26.2 Å². The van der Waals surface area contributed by atoms with Gasteiger partial charge in [-0.2, -0.15) is 0 Å². The number of aryl methyl sites for hydroxylation is 1. The molecule has 7 heteroatoms. The Morgan fingerprint density at radius 2 is 2.21 bits per heavy atom. The second kappa shape index (κ2) is 9.28. The van der Waals surface area contributed by atoms with Crippen LogP contribution in [0.15, 0.2) is 16.8 Å². The Morgan fingerprint density at radius 1 is 1.39 bits per heavy atom. The van der Waals surface area contributed by atoms with Crippen LogP contribution in [0.25, 0.3) is 11.3 Å². The zero-order valence-corrected chi connectivity index (χ0v) is 17.2. The summed E-state index contributed by atoms with van der Waals surface area (Å²) in [6, 6.07) is 1.88.